The first-order valence-corrected chi connectivity index (χ1v) is 9.52. The molecule has 3 heteroatoms. The Labute approximate surface area is 156 Å². The van der Waals surface area contributed by atoms with Crippen LogP contribution in [0.15, 0.2) is 47.5 Å². The zero-order valence-electron chi connectivity index (χ0n) is 16.0. The molecule has 0 aromatic heterocycles. The fraction of sp³-hybridized carbons (Fsp3) is 0.435. The van der Waals surface area contributed by atoms with Gasteiger partial charge in [-0.05, 0) is 30.5 Å². The first-order chi connectivity index (χ1) is 12.5. The largest absolute Gasteiger partial charge is 0.507 e. The van der Waals surface area contributed by atoms with Gasteiger partial charge < -0.3 is 9.84 Å². The number of benzene rings is 2. The molecule has 0 spiro atoms. The lowest BCUT2D eigenvalue weighted by atomic mass is 9.77. The summed E-state index contributed by atoms with van der Waals surface area (Å²) < 4.78 is 5.50. The van der Waals surface area contributed by atoms with E-state index in [4.69, 9.17) is 9.73 Å². The summed E-state index contributed by atoms with van der Waals surface area (Å²) in [7, 11) is 1.66. The quantitative estimate of drug-likeness (QED) is 0.725. The Bertz CT molecular complexity index is 759. The maximum Gasteiger partial charge on any atom is 0.128 e. The molecule has 1 saturated carbocycles. The van der Waals surface area contributed by atoms with Crippen LogP contribution in [0.3, 0.4) is 0 Å². The number of nitrogens with zero attached hydrogens (tertiary/aromatic N) is 1. The van der Waals surface area contributed by atoms with Crippen molar-refractivity contribution < 1.29 is 9.84 Å². The molecule has 0 heterocycles. The number of phenols is 1. The van der Waals surface area contributed by atoms with Crippen LogP contribution in [-0.2, 0) is 5.41 Å². The average Bonchev–Trinajstić information content (AvgIpc) is 2.68. The second-order valence-corrected chi connectivity index (χ2v) is 7.67. The Morgan fingerprint density at radius 3 is 2.42 bits per heavy atom. The molecule has 26 heavy (non-hydrogen) atoms. The average molecular weight is 351 g/mol. The highest BCUT2D eigenvalue weighted by Crippen LogP contribution is 2.40. The smallest absolute Gasteiger partial charge is 0.128 e. The van der Waals surface area contributed by atoms with Crippen LogP contribution in [0, 0.1) is 0 Å². The predicted octanol–water partition coefficient (Wildman–Crippen LogP) is 5.48. The molecule has 3 nitrogen and oxygen atoms in total. The van der Waals surface area contributed by atoms with Gasteiger partial charge in [-0.2, -0.15) is 0 Å². The highest BCUT2D eigenvalue weighted by Gasteiger charge is 2.28. The molecule has 0 atom stereocenters. The summed E-state index contributed by atoms with van der Waals surface area (Å²) in [6, 6.07) is 14.4. The first kappa shape index (κ1) is 18.5. The molecule has 2 aromatic rings. The minimum absolute atomic E-state index is 0.291. The Hall–Kier alpha value is -2.29. The summed E-state index contributed by atoms with van der Waals surface area (Å²) in [4.78, 5) is 4.75. The van der Waals surface area contributed by atoms with E-state index in [1.807, 2.05) is 36.5 Å². The number of hydrogen-bond acceptors (Lipinski definition) is 3. The van der Waals surface area contributed by atoms with Crippen LogP contribution in [-0.4, -0.2) is 24.5 Å². The van der Waals surface area contributed by atoms with Crippen molar-refractivity contribution in [1.29, 1.82) is 0 Å². The molecule has 2 aromatic carbocycles. The molecule has 1 fully saturated rings. The van der Waals surface area contributed by atoms with Crippen LogP contribution in [0.5, 0.6) is 11.5 Å². The molecular formula is C23H29NO2. The zero-order chi connectivity index (χ0) is 18.6. The van der Waals surface area contributed by atoms with Crippen molar-refractivity contribution in [3.63, 3.8) is 0 Å². The molecule has 1 N–H and O–H groups in total. The normalized spacial score (nSPS) is 16.1. The molecule has 0 radical (unpaired) electrons. The van der Waals surface area contributed by atoms with Gasteiger partial charge in [-0.1, -0.05) is 63.4 Å². The van der Waals surface area contributed by atoms with E-state index in [2.05, 4.69) is 26.0 Å². The van der Waals surface area contributed by atoms with E-state index in [1.54, 1.807) is 7.11 Å². The van der Waals surface area contributed by atoms with Gasteiger partial charge in [-0.3, -0.25) is 4.99 Å². The fourth-order valence-corrected chi connectivity index (χ4v) is 3.75. The number of methoxy groups -OCH3 is 1. The Kier molecular flexibility index (Phi) is 5.65. The molecule has 3 rings (SSSR count). The van der Waals surface area contributed by atoms with Crippen molar-refractivity contribution in [3.8, 4) is 11.5 Å². The van der Waals surface area contributed by atoms with E-state index in [-0.39, 0.29) is 5.41 Å². The lowest BCUT2D eigenvalue weighted by Crippen LogP contribution is -2.19. The minimum atomic E-state index is -0.340. The molecule has 0 saturated heterocycles. The van der Waals surface area contributed by atoms with Gasteiger partial charge in [-0.25, -0.2) is 0 Å². The number of phenolic OH excluding ortho intramolecular Hbond substituents is 1. The summed E-state index contributed by atoms with van der Waals surface area (Å²) in [6.07, 6.45) is 7.92. The summed E-state index contributed by atoms with van der Waals surface area (Å²) in [6.45, 7) is 4.25. The number of rotatable bonds is 5. The van der Waals surface area contributed by atoms with Gasteiger partial charge >= 0.3 is 0 Å². The maximum atomic E-state index is 11.0. The number of ether oxygens (including phenoxy) is 1. The van der Waals surface area contributed by atoms with E-state index in [0.29, 0.717) is 11.8 Å². The van der Waals surface area contributed by atoms with E-state index >= 15 is 0 Å². The maximum absolute atomic E-state index is 11.0. The summed E-state index contributed by atoms with van der Waals surface area (Å²) >= 11 is 0. The third-order valence-electron chi connectivity index (χ3n) is 5.52. The van der Waals surface area contributed by atoms with Gasteiger partial charge in [0.2, 0.25) is 0 Å². The SMILES string of the molecule is COc1cc(C=NC2CCCCC2)c(O)c(C(C)(C)c2ccccc2)c1. The Balaban J connectivity index is 1.99. The van der Waals surface area contributed by atoms with E-state index in [1.165, 1.54) is 19.3 Å². The van der Waals surface area contributed by atoms with Gasteiger partial charge in [0.15, 0.2) is 0 Å². The van der Waals surface area contributed by atoms with E-state index < -0.39 is 0 Å². The second kappa shape index (κ2) is 7.94. The minimum Gasteiger partial charge on any atom is -0.507 e. The van der Waals surface area contributed by atoms with Gasteiger partial charge in [-0.15, -0.1) is 0 Å². The third-order valence-corrected chi connectivity index (χ3v) is 5.52. The lowest BCUT2D eigenvalue weighted by Gasteiger charge is -2.28. The standard InChI is InChI=1S/C23H29NO2/c1-23(2,18-10-6-4-7-11-18)21-15-20(26-3)14-17(22(21)25)16-24-19-12-8-5-9-13-19/h4,6-7,10-11,14-16,19,25H,5,8-9,12-13H2,1-3H3. The predicted molar refractivity (Wildman–Crippen MR) is 108 cm³/mol. The molecule has 0 unspecified atom stereocenters. The summed E-state index contributed by atoms with van der Waals surface area (Å²) in [5.74, 6) is 1.03. The monoisotopic (exact) mass is 351 g/mol. The number of aromatic hydroxyl groups is 1. The van der Waals surface area contributed by atoms with Gasteiger partial charge in [0, 0.05) is 28.8 Å². The zero-order valence-corrected chi connectivity index (χ0v) is 16.0. The van der Waals surface area contributed by atoms with Gasteiger partial charge in [0.1, 0.15) is 11.5 Å². The van der Waals surface area contributed by atoms with Crippen molar-refractivity contribution in [2.45, 2.75) is 57.4 Å². The third kappa shape index (κ3) is 3.92. The number of hydrogen-bond donors (Lipinski definition) is 1. The summed E-state index contributed by atoms with van der Waals surface area (Å²) in [5.41, 5.74) is 2.40. The molecule has 0 aliphatic heterocycles. The van der Waals surface area contributed by atoms with Crippen LogP contribution < -0.4 is 4.74 Å². The van der Waals surface area contributed by atoms with E-state index in [9.17, 15) is 5.11 Å². The van der Waals surface area contributed by atoms with Gasteiger partial charge in [0.25, 0.3) is 0 Å². The molecule has 0 bridgehead atoms. The fourth-order valence-electron chi connectivity index (χ4n) is 3.75. The molecule has 1 aliphatic carbocycles. The van der Waals surface area contributed by atoms with E-state index in [0.717, 1.165) is 35.3 Å². The van der Waals surface area contributed by atoms with Crippen LogP contribution in [0.25, 0.3) is 0 Å². The highest BCUT2D eigenvalue weighted by molar-refractivity contribution is 5.85. The van der Waals surface area contributed by atoms with Crippen LogP contribution in [0.1, 0.15) is 62.6 Å². The Morgan fingerprint density at radius 2 is 1.77 bits per heavy atom. The van der Waals surface area contributed by atoms with Crippen molar-refractivity contribution in [1.82, 2.24) is 0 Å². The van der Waals surface area contributed by atoms with Crippen molar-refractivity contribution in [2.75, 3.05) is 7.11 Å². The second-order valence-electron chi connectivity index (χ2n) is 7.67. The molecule has 0 amide bonds. The Morgan fingerprint density at radius 1 is 1.08 bits per heavy atom. The van der Waals surface area contributed by atoms with Crippen LogP contribution in [0.4, 0.5) is 0 Å². The molecular weight excluding hydrogens is 322 g/mol. The summed E-state index contributed by atoms with van der Waals surface area (Å²) in [5, 5.41) is 11.0. The van der Waals surface area contributed by atoms with Crippen molar-refractivity contribution in [2.24, 2.45) is 4.99 Å². The van der Waals surface area contributed by atoms with Crippen molar-refractivity contribution >= 4 is 6.21 Å². The highest BCUT2D eigenvalue weighted by atomic mass is 16.5. The van der Waals surface area contributed by atoms with Crippen LogP contribution in [0.2, 0.25) is 0 Å². The lowest BCUT2D eigenvalue weighted by molar-refractivity contribution is 0.407. The van der Waals surface area contributed by atoms with Crippen LogP contribution >= 0.6 is 0 Å². The first-order valence-electron chi connectivity index (χ1n) is 9.52. The topological polar surface area (TPSA) is 41.8 Å². The van der Waals surface area contributed by atoms with Crippen molar-refractivity contribution in [3.05, 3.63) is 59.2 Å². The molecule has 138 valence electrons. The number of aliphatic imine (C=N–C) groups is 1. The van der Waals surface area contributed by atoms with Gasteiger partial charge in [0.05, 0.1) is 7.11 Å². The molecule has 1 aliphatic rings.